The highest BCUT2D eigenvalue weighted by Gasteiger charge is 2.29. The van der Waals surface area contributed by atoms with Crippen LogP contribution in [0.2, 0.25) is 0 Å². The monoisotopic (exact) mass is 294 g/mol. The highest BCUT2D eigenvalue weighted by atomic mass is 16.3. The molecule has 0 aliphatic rings. The van der Waals surface area contributed by atoms with Crippen molar-refractivity contribution in [3.8, 4) is 6.07 Å². The van der Waals surface area contributed by atoms with E-state index in [-0.39, 0.29) is 0 Å². The van der Waals surface area contributed by atoms with Crippen molar-refractivity contribution in [2.45, 2.75) is 25.4 Å². The number of rotatable bonds is 5. The van der Waals surface area contributed by atoms with E-state index in [1.54, 1.807) is 24.3 Å². The summed E-state index contributed by atoms with van der Waals surface area (Å²) < 4.78 is 0. The average Bonchev–Trinajstić information content (AvgIpc) is 2.54. The molecule has 2 rings (SSSR count). The fourth-order valence-corrected chi connectivity index (χ4v) is 2.03. The Hall–Kier alpha value is -2.64. The molecule has 1 amide bonds. The molecule has 0 fully saturated rings. The Bertz CT molecular complexity index is 670. The molecule has 0 spiro atoms. The van der Waals surface area contributed by atoms with Gasteiger partial charge < -0.3 is 10.4 Å². The molecule has 0 heterocycles. The number of amides is 1. The minimum Gasteiger partial charge on any atom is -0.380 e. The number of para-hydroxylation sites is 1. The fourth-order valence-electron chi connectivity index (χ4n) is 2.03. The van der Waals surface area contributed by atoms with E-state index in [9.17, 15) is 9.90 Å². The van der Waals surface area contributed by atoms with Gasteiger partial charge in [0.15, 0.2) is 0 Å². The number of hydrogen-bond donors (Lipinski definition) is 2. The Balaban J connectivity index is 1.94. The lowest BCUT2D eigenvalue weighted by Gasteiger charge is -2.22. The van der Waals surface area contributed by atoms with Crippen LogP contribution in [0.4, 0.5) is 5.69 Å². The lowest BCUT2D eigenvalue weighted by atomic mass is 9.95. The smallest absolute Gasteiger partial charge is 0.256 e. The second-order valence-corrected chi connectivity index (χ2v) is 5.40. The number of carbonyl (C=O) groups excluding carboxylic acids is 1. The molecule has 2 aromatic carbocycles. The third-order valence-corrected chi connectivity index (χ3v) is 3.50. The van der Waals surface area contributed by atoms with Gasteiger partial charge >= 0.3 is 0 Å². The largest absolute Gasteiger partial charge is 0.380 e. The van der Waals surface area contributed by atoms with Gasteiger partial charge in [-0.25, -0.2) is 0 Å². The SMILES string of the molecule is C[C@](O)(CCc1ccc(C#N)cc1)C(=O)Nc1ccccc1. The predicted molar refractivity (Wildman–Crippen MR) is 85.2 cm³/mol. The number of nitrogens with one attached hydrogen (secondary N) is 1. The first kappa shape index (κ1) is 15.7. The number of carbonyl (C=O) groups is 1. The number of aryl methyl sites for hydroxylation is 1. The molecule has 0 aliphatic carbocycles. The van der Waals surface area contributed by atoms with Gasteiger partial charge in [0, 0.05) is 5.69 Å². The molecule has 1 atom stereocenters. The summed E-state index contributed by atoms with van der Waals surface area (Å²) in [5.41, 5.74) is 0.777. The maximum absolute atomic E-state index is 12.2. The van der Waals surface area contributed by atoms with Crippen molar-refractivity contribution in [3.63, 3.8) is 0 Å². The zero-order valence-electron chi connectivity index (χ0n) is 12.4. The summed E-state index contributed by atoms with van der Waals surface area (Å²) >= 11 is 0. The Labute approximate surface area is 130 Å². The molecular formula is C18H18N2O2. The van der Waals surface area contributed by atoms with Crippen molar-refractivity contribution in [1.29, 1.82) is 5.26 Å². The summed E-state index contributed by atoms with van der Waals surface area (Å²) in [5.74, 6) is -0.424. The van der Waals surface area contributed by atoms with E-state index >= 15 is 0 Å². The molecule has 0 radical (unpaired) electrons. The van der Waals surface area contributed by atoms with Gasteiger partial charge in [-0.3, -0.25) is 4.79 Å². The third kappa shape index (κ3) is 4.18. The van der Waals surface area contributed by atoms with Crippen molar-refractivity contribution >= 4 is 11.6 Å². The van der Waals surface area contributed by atoms with Crippen LogP contribution in [-0.2, 0) is 11.2 Å². The molecule has 2 aromatic rings. The van der Waals surface area contributed by atoms with Crippen molar-refractivity contribution < 1.29 is 9.90 Å². The van der Waals surface area contributed by atoms with Gasteiger partial charge in [0.25, 0.3) is 5.91 Å². The van der Waals surface area contributed by atoms with Crippen LogP contribution in [0.5, 0.6) is 0 Å². The molecule has 4 heteroatoms. The van der Waals surface area contributed by atoms with Crippen LogP contribution in [0, 0.1) is 11.3 Å². The summed E-state index contributed by atoms with van der Waals surface area (Å²) in [7, 11) is 0. The fraction of sp³-hybridized carbons (Fsp3) is 0.222. The first-order valence-electron chi connectivity index (χ1n) is 7.09. The van der Waals surface area contributed by atoms with E-state index in [4.69, 9.17) is 5.26 Å². The van der Waals surface area contributed by atoms with E-state index in [2.05, 4.69) is 11.4 Å². The quantitative estimate of drug-likeness (QED) is 0.890. The van der Waals surface area contributed by atoms with E-state index in [0.717, 1.165) is 5.56 Å². The third-order valence-electron chi connectivity index (χ3n) is 3.50. The summed E-state index contributed by atoms with van der Waals surface area (Å²) in [6, 6.07) is 18.2. The lowest BCUT2D eigenvalue weighted by Crippen LogP contribution is -2.40. The number of hydrogen-bond acceptors (Lipinski definition) is 3. The van der Waals surface area contributed by atoms with Crippen LogP contribution < -0.4 is 5.32 Å². The maximum Gasteiger partial charge on any atom is 0.256 e. The summed E-state index contributed by atoms with van der Waals surface area (Å²) in [5, 5.41) is 21.8. The van der Waals surface area contributed by atoms with Crippen molar-refractivity contribution in [2.24, 2.45) is 0 Å². The molecular weight excluding hydrogens is 276 g/mol. The van der Waals surface area contributed by atoms with E-state index in [1.165, 1.54) is 6.92 Å². The summed E-state index contributed by atoms with van der Waals surface area (Å²) in [6.07, 6.45) is 0.860. The Morgan fingerprint density at radius 2 is 1.82 bits per heavy atom. The Kier molecular flexibility index (Phi) is 4.92. The standard InChI is InChI=1S/C18H18N2O2/c1-18(22,17(21)20-16-5-3-2-4-6-16)12-11-14-7-9-15(13-19)10-8-14/h2-10,22H,11-12H2,1H3,(H,20,21)/t18-/m0/s1. The van der Waals surface area contributed by atoms with Crippen LogP contribution in [0.15, 0.2) is 54.6 Å². The first-order chi connectivity index (χ1) is 10.5. The Morgan fingerprint density at radius 1 is 1.18 bits per heavy atom. The molecule has 2 N–H and O–H groups in total. The van der Waals surface area contributed by atoms with Gasteiger partial charge in [0.05, 0.1) is 11.6 Å². The van der Waals surface area contributed by atoms with E-state index in [1.807, 2.05) is 30.3 Å². The first-order valence-corrected chi connectivity index (χ1v) is 7.09. The van der Waals surface area contributed by atoms with Crippen molar-refractivity contribution in [1.82, 2.24) is 0 Å². The molecule has 112 valence electrons. The van der Waals surface area contributed by atoms with Crippen molar-refractivity contribution in [2.75, 3.05) is 5.32 Å². The van der Waals surface area contributed by atoms with Gasteiger partial charge in [-0.2, -0.15) is 5.26 Å². The lowest BCUT2D eigenvalue weighted by molar-refractivity contribution is -0.132. The normalized spacial score (nSPS) is 13.0. The minimum atomic E-state index is -1.45. The van der Waals surface area contributed by atoms with Gasteiger partial charge in [-0.15, -0.1) is 0 Å². The summed E-state index contributed by atoms with van der Waals surface area (Å²) in [6.45, 7) is 1.51. The maximum atomic E-state index is 12.2. The average molecular weight is 294 g/mol. The van der Waals surface area contributed by atoms with Gasteiger partial charge in [0.2, 0.25) is 0 Å². The minimum absolute atomic E-state index is 0.303. The zero-order chi connectivity index (χ0) is 16.0. The van der Waals surface area contributed by atoms with E-state index < -0.39 is 11.5 Å². The Morgan fingerprint density at radius 3 is 2.41 bits per heavy atom. The van der Waals surface area contributed by atoms with Crippen LogP contribution >= 0.6 is 0 Å². The number of nitriles is 1. The van der Waals surface area contributed by atoms with Gasteiger partial charge in [-0.05, 0) is 49.6 Å². The van der Waals surface area contributed by atoms with Gasteiger partial charge in [-0.1, -0.05) is 30.3 Å². The van der Waals surface area contributed by atoms with E-state index in [0.29, 0.717) is 24.1 Å². The number of anilines is 1. The molecule has 0 unspecified atom stereocenters. The molecule has 0 saturated heterocycles. The van der Waals surface area contributed by atoms with Crippen LogP contribution in [0.1, 0.15) is 24.5 Å². The van der Waals surface area contributed by atoms with Crippen molar-refractivity contribution in [3.05, 3.63) is 65.7 Å². The number of nitrogens with zero attached hydrogens (tertiary/aromatic N) is 1. The zero-order valence-corrected chi connectivity index (χ0v) is 12.4. The molecule has 22 heavy (non-hydrogen) atoms. The molecule has 0 bridgehead atoms. The molecule has 4 nitrogen and oxygen atoms in total. The summed E-state index contributed by atoms with van der Waals surface area (Å²) in [4.78, 5) is 12.2. The van der Waals surface area contributed by atoms with Crippen LogP contribution in [0.25, 0.3) is 0 Å². The number of aliphatic hydroxyl groups is 1. The predicted octanol–water partition coefficient (Wildman–Crippen LogP) is 2.88. The number of benzene rings is 2. The second kappa shape index (κ2) is 6.88. The molecule has 0 aliphatic heterocycles. The van der Waals surface area contributed by atoms with Crippen LogP contribution in [0.3, 0.4) is 0 Å². The topological polar surface area (TPSA) is 73.1 Å². The highest BCUT2D eigenvalue weighted by molar-refractivity contribution is 5.96. The highest BCUT2D eigenvalue weighted by Crippen LogP contribution is 2.17. The molecule has 0 saturated carbocycles. The second-order valence-electron chi connectivity index (χ2n) is 5.40. The van der Waals surface area contributed by atoms with Crippen LogP contribution in [-0.4, -0.2) is 16.6 Å². The molecule has 0 aromatic heterocycles. The van der Waals surface area contributed by atoms with Gasteiger partial charge in [0.1, 0.15) is 5.60 Å².